The molecule has 86 valence electrons. The Morgan fingerprint density at radius 1 is 1.40 bits per heavy atom. The molecule has 1 unspecified atom stereocenters. The molecule has 3 heteroatoms. The third-order valence-electron chi connectivity index (χ3n) is 2.90. The van der Waals surface area contributed by atoms with Crippen LogP contribution in [0.1, 0.15) is 19.3 Å². The first-order valence-corrected chi connectivity index (χ1v) is 5.90. The van der Waals surface area contributed by atoms with Crippen molar-refractivity contribution in [2.24, 2.45) is 5.92 Å². The molecule has 15 heavy (non-hydrogen) atoms. The Hall–Kier alpha value is -0.380. The van der Waals surface area contributed by atoms with Gasteiger partial charge in [-0.2, -0.15) is 0 Å². The van der Waals surface area contributed by atoms with Crippen LogP contribution in [0, 0.1) is 5.92 Å². The van der Waals surface area contributed by atoms with Crippen molar-refractivity contribution in [2.45, 2.75) is 25.3 Å². The first-order valence-electron chi connectivity index (χ1n) is 5.90. The Morgan fingerprint density at radius 2 is 2.27 bits per heavy atom. The van der Waals surface area contributed by atoms with E-state index in [-0.39, 0.29) is 0 Å². The lowest BCUT2D eigenvalue weighted by molar-refractivity contribution is 0.104. The molecule has 0 bridgehead atoms. The fraction of sp³-hybridized carbons (Fsp3) is 0.833. The summed E-state index contributed by atoms with van der Waals surface area (Å²) in [5.41, 5.74) is 1.15. The molecule has 1 aliphatic carbocycles. The predicted molar refractivity (Wildman–Crippen MR) is 59.9 cm³/mol. The summed E-state index contributed by atoms with van der Waals surface area (Å²) in [6, 6.07) is 0.755. The van der Waals surface area contributed by atoms with Crippen LogP contribution in [-0.2, 0) is 9.47 Å². The summed E-state index contributed by atoms with van der Waals surface area (Å²) >= 11 is 0. The van der Waals surface area contributed by atoms with Crippen molar-refractivity contribution in [3.63, 3.8) is 0 Å². The van der Waals surface area contributed by atoms with Crippen molar-refractivity contribution in [1.29, 1.82) is 0 Å². The Labute approximate surface area is 91.8 Å². The van der Waals surface area contributed by atoms with Gasteiger partial charge in [0.2, 0.25) is 0 Å². The Morgan fingerprint density at radius 3 is 2.93 bits per heavy atom. The monoisotopic (exact) mass is 211 g/mol. The van der Waals surface area contributed by atoms with E-state index in [4.69, 9.17) is 9.47 Å². The minimum absolute atomic E-state index is 0.606. The fourth-order valence-corrected chi connectivity index (χ4v) is 1.71. The lowest BCUT2D eigenvalue weighted by atomic mass is 10.1. The second-order valence-electron chi connectivity index (χ2n) is 4.65. The zero-order valence-electron chi connectivity index (χ0n) is 9.34. The Kier molecular flexibility index (Phi) is 4.18. The highest BCUT2D eigenvalue weighted by Crippen LogP contribution is 2.18. The quantitative estimate of drug-likeness (QED) is 0.645. The van der Waals surface area contributed by atoms with Crippen LogP contribution in [0.5, 0.6) is 0 Å². The topological polar surface area (TPSA) is 30.5 Å². The summed E-state index contributed by atoms with van der Waals surface area (Å²) in [5, 5.41) is 3.43. The summed E-state index contributed by atoms with van der Waals surface area (Å²) < 4.78 is 10.9. The van der Waals surface area contributed by atoms with E-state index in [0.29, 0.717) is 12.5 Å². The van der Waals surface area contributed by atoms with Gasteiger partial charge in [0.15, 0.2) is 0 Å². The van der Waals surface area contributed by atoms with E-state index in [9.17, 15) is 0 Å². The number of ether oxygens (including phenoxy) is 2. The SMILES string of the molecule is C=C(CNC1CC1)COCC1CCOC1. The van der Waals surface area contributed by atoms with Crippen LogP contribution < -0.4 is 5.32 Å². The molecule has 1 saturated heterocycles. The molecule has 2 aliphatic rings. The number of hydrogen-bond acceptors (Lipinski definition) is 3. The lowest BCUT2D eigenvalue weighted by Gasteiger charge is -2.10. The maximum atomic E-state index is 5.61. The molecular formula is C12H21NO2. The summed E-state index contributed by atoms with van der Waals surface area (Å²) in [5.74, 6) is 0.606. The molecule has 0 aromatic rings. The van der Waals surface area contributed by atoms with Gasteiger partial charge in [-0.3, -0.25) is 0 Å². The van der Waals surface area contributed by atoms with Gasteiger partial charge in [0.25, 0.3) is 0 Å². The molecule has 0 aromatic heterocycles. The van der Waals surface area contributed by atoms with E-state index in [1.54, 1.807) is 0 Å². The van der Waals surface area contributed by atoms with Crippen molar-refractivity contribution in [3.8, 4) is 0 Å². The molecule has 3 nitrogen and oxygen atoms in total. The van der Waals surface area contributed by atoms with E-state index in [1.165, 1.54) is 12.8 Å². The van der Waals surface area contributed by atoms with Gasteiger partial charge in [-0.1, -0.05) is 6.58 Å². The molecule has 0 radical (unpaired) electrons. The van der Waals surface area contributed by atoms with Crippen molar-refractivity contribution in [2.75, 3.05) is 33.0 Å². The van der Waals surface area contributed by atoms with Crippen LogP contribution in [-0.4, -0.2) is 39.0 Å². The van der Waals surface area contributed by atoms with E-state index in [1.807, 2.05) is 0 Å². The molecular weight excluding hydrogens is 190 g/mol. The second-order valence-corrected chi connectivity index (χ2v) is 4.65. The number of nitrogens with one attached hydrogen (secondary N) is 1. The van der Waals surface area contributed by atoms with Crippen molar-refractivity contribution in [1.82, 2.24) is 5.32 Å². The summed E-state index contributed by atoms with van der Waals surface area (Å²) in [6.07, 6.45) is 3.80. The second kappa shape index (κ2) is 5.64. The zero-order valence-corrected chi connectivity index (χ0v) is 9.34. The van der Waals surface area contributed by atoms with Gasteiger partial charge in [0.05, 0.1) is 19.8 Å². The molecule has 2 fully saturated rings. The van der Waals surface area contributed by atoms with E-state index in [2.05, 4.69) is 11.9 Å². The van der Waals surface area contributed by atoms with Crippen molar-refractivity contribution < 1.29 is 9.47 Å². The predicted octanol–water partition coefficient (Wildman–Crippen LogP) is 1.35. The van der Waals surface area contributed by atoms with Gasteiger partial charge < -0.3 is 14.8 Å². The van der Waals surface area contributed by atoms with Crippen LogP contribution in [0.3, 0.4) is 0 Å². The highest BCUT2D eigenvalue weighted by Gasteiger charge is 2.20. The molecule has 1 aliphatic heterocycles. The fourth-order valence-electron chi connectivity index (χ4n) is 1.71. The van der Waals surface area contributed by atoms with Crippen LogP contribution in [0.25, 0.3) is 0 Å². The summed E-state index contributed by atoms with van der Waals surface area (Å²) in [4.78, 5) is 0. The zero-order chi connectivity index (χ0) is 10.5. The van der Waals surface area contributed by atoms with E-state index >= 15 is 0 Å². The number of hydrogen-bond donors (Lipinski definition) is 1. The molecule has 0 amide bonds. The first kappa shape index (κ1) is 11.1. The molecule has 1 saturated carbocycles. The van der Waals surface area contributed by atoms with Crippen molar-refractivity contribution >= 4 is 0 Å². The Bertz CT molecular complexity index is 208. The van der Waals surface area contributed by atoms with Crippen LogP contribution in [0.2, 0.25) is 0 Å². The lowest BCUT2D eigenvalue weighted by Crippen LogP contribution is -2.21. The van der Waals surface area contributed by atoms with Crippen LogP contribution >= 0.6 is 0 Å². The highest BCUT2D eigenvalue weighted by atomic mass is 16.5. The van der Waals surface area contributed by atoms with Crippen LogP contribution in [0.4, 0.5) is 0 Å². The van der Waals surface area contributed by atoms with E-state index < -0.39 is 0 Å². The average molecular weight is 211 g/mol. The molecule has 1 heterocycles. The molecule has 1 N–H and O–H groups in total. The molecule has 0 aromatic carbocycles. The largest absolute Gasteiger partial charge is 0.381 e. The normalized spacial score (nSPS) is 25.7. The smallest absolute Gasteiger partial charge is 0.0686 e. The van der Waals surface area contributed by atoms with Gasteiger partial charge in [-0.15, -0.1) is 0 Å². The highest BCUT2D eigenvalue weighted by molar-refractivity contribution is 4.99. The third kappa shape index (κ3) is 4.33. The molecule has 0 spiro atoms. The maximum Gasteiger partial charge on any atom is 0.0686 e. The summed E-state index contributed by atoms with van der Waals surface area (Å²) in [7, 11) is 0. The Balaban J connectivity index is 1.46. The third-order valence-corrected chi connectivity index (χ3v) is 2.90. The van der Waals surface area contributed by atoms with Crippen LogP contribution in [0.15, 0.2) is 12.2 Å². The summed E-state index contributed by atoms with van der Waals surface area (Å²) in [6.45, 7) is 8.19. The van der Waals surface area contributed by atoms with Gasteiger partial charge in [0.1, 0.15) is 0 Å². The molecule has 1 atom stereocenters. The van der Waals surface area contributed by atoms with E-state index in [0.717, 1.165) is 44.4 Å². The number of rotatable bonds is 7. The van der Waals surface area contributed by atoms with Gasteiger partial charge >= 0.3 is 0 Å². The molecule has 2 rings (SSSR count). The first-order chi connectivity index (χ1) is 7.34. The average Bonchev–Trinajstić information content (AvgIpc) is 2.92. The minimum atomic E-state index is 0.606. The van der Waals surface area contributed by atoms with Gasteiger partial charge in [-0.05, 0) is 24.8 Å². The minimum Gasteiger partial charge on any atom is -0.381 e. The standard InChI is InChI=1S/C12H21NO2/c1-10(6-13-12-2-3-12)7-15-9-11-4-5-14-8-11/h11-13H,1-9H2. The maximum absolute atomic E-state index is 5.61. The van der Waals surface area contributed by atoms with Gasteiger partial charge in [0, 0.05) is 25.1 Å². The van der Waals surface area contributed by atoms with Crippen molar-refractivity contribution in [3.05, 3.63) is 12.2 Å². The van der Waals surface area contributed by atoms with Gasteiger partial charge in [-0.25, -0.2) is 0 Å².